The van der Waals surface area contributed by atoms with Gasteiger partial charge in [-0.3, -0.25) is 9.36 Å². The van der Waals surface area contributed by atoms with Crippen molar-refractivity contribution in [1.29, 1.82) is 0 Å². The summed E-state index contributed by atoms with van der Waals surface area (Å²) in [6.45, 7) is 6.36. The van der Waals surface area contributed by atoms with Crippen LogP contribution in [-0.2, 0) is 16.1 Å². The van der Waals surface area contributed by atoms with Crippen molar-refractivity contribution in [2.75, 3.05) is 13.7 Å². The zero-order valence-electron chi connectivity index (χ0n) is 24.9. The van der Waals surface area contributed by atoms with Gasteiger partial charge in [-0.2, -0.15) is 0 Å². The molecule has 0 N–H and O–H groups in total. The Kier molecular flexibility index (Phi) is 10.1. The van der Waals surface area contributed by atoms with Crippen molar-refractivity contribution < 1.29 is 19.0 Å². The third-order valence-corrected chi connectivity index (χ3v) is 8.86. The highest BCUT2D eigenvalue weighted by Crippen LogP contribution is 2.38. The molecule has 1 aromatic heterocycles. The van der Waals surface area contributed by atoms with Crippen molar-refractivity contribution in [1.82, 2.24) is 4.57 Å². The van der Waals surface area contributed by atoms with E-state index in [0.29, 0.717) is 55.7 Å². The molecule has 2 heterocycles. The highest BCUT2D eigenvalue weighted by Gasteiger charge is 2.36. The van der Waals surface area contributed by atoms with Crippen molar-refractivity contribution in [3.05, 3.63) is 123 Å². The van der Waals surface area contributed by atoms with Gasteiger partial charge in [-0.15, -0.1) is 0 Å². The molecule has 0 spiro atoms. The molecule has 44 heavy (non-hydrogen) atoms. The minimum Gasteiger partial charge on any atom is -0.496 e. The summed E-state index contributed by atoms with van der Waals surface area (Å²) in [5.74, 6) is 0.596. The maximum Gasteiger partial charge on any atom is 0.338 e. The van der Waals surface area contributed by atoms with Crippen LogP contribution in [-0.4, -0.2) is 24.3 Å². The van der Waals surface area contributed by atoms with E-state index >= 15 is 0 Å². The van der Waals surface area contributed by atoms with E-state index in [2.05, 4.69) is 15.9 Å². The lowest BCUT2D eigenvalue weighted by Gasteiger charge is -2.27. The van der Waals surface area contributed by atoms with Crippen LogP contribution in [0.5, 0.6) is 11.5 Å². The zero-order chi connectivity index (χ0) is 31.4. The molecule has 0 fully saturated rings. The Morgan fingerprint density at radius 2 is 1.84 bits per heavy atom. The smallest absolute Gasteiger partial charge is 0.338 e. The number of thiazole rings is 1. The third kappa shape index (κ3) is 6.70. The highest BCUT2D eigenvalue weighted by molar-refractivity contribution is 9.10. The van der Waals surface area contributed by atoms with Crippen LogP contribution in [0.2, 0.25) is 5.02 Å². The molecule has 0 unspecified atom stereocenters. The summed E-state index contributed by atoms with van der Waals surface area (Å²) < 4.78 is 20.2. The van der Waals surface area contributed by atoms with Crippen LogP contribution < -0.4 is 24.4 Å². The average Bonchev–Trinajstić information content (AvgIpc) is 3.31. The summed E-state index contributed by atoms with van der Waals surface area (Å²) in [7, 11) is 1.54. The summed E-state index contributed by atoms with van der Waals surface area (Å²) in [4.78, 5) is 33.1. The number of carbonyl (C=O) groups is 1. The SMILES string of the molecule is CCCC1=C(C(=O)OCC)[C@H](c2cc(Cl)ccc2OC)n2c(s/c(=C/c3cc(Br)ccc3OCc3ccc(C)cc3)c2=O)=N1. The number of hydrogen-bond donors (Lipinski definition) is 0. The number of ether oxygens (including phenoxy) is 3. The van der Waals surface area contributed by atoms with E-state index in [1.54, 1.807) is 42.9 Å². The topological polar surface area (TPSA) is 79.1 Å². The molecule has 228 valence electrons. The first kappa shape index (κ1) is 31.8. The Morgan fingerprint density at radius 3 is 2.55 bits per heavy atom. The first-order valence-corrected chi connectivity index (χ1v) is 16.3. The van der Waals surface area contributed by atoms with Crippen LogP contribution in [0, 0.1) is 6.92 Å². The largest absolute Gasteiger partial charge is 0.496 e. The predicted octanol–water partition coefficient (Wildman–Crippen LogP) is 6.89. The van der Waals surface area contributed by atoms with Crippen LogP contribution >= 0.6 is 38.9 Å². The number of halogens is 2. The minimum absolute atomic E-state index is 0.180. The van der Waals surface area contributed by atoms with E-state index in [1.807, 2.05) is 56.3 Å². The van der Waals surface area contributed by atoms with Gasteiger partial charge in [0.1, 0.15) is 24.1 Å². The lowest BCUT2D eigenvalue weighted by Crippen LogP contribution is -2.40. The monoisotopic (exact) mass is 694 g/mol. The Morgan fingerprint density at radius 1 is 1.09 bits per heavy atom. The highest BCUT2D eigenvalue weighted by atomic mass is 79.9. The second-order valence-electron chi connectivity index (χ2n) is 10.3. The fourth-order valence-corrected chi connectivity index (χ4v) is 6.65. The van der Waals surface area contributed by atoms with Gasteiger partial charge in [0.25, 0.3) is 5.56 Å². The van der Waals surface area contributed by atoms with Crippen molar-refractivity contribution in [3.63, 3.8) is 0 Å². The van der Waals surface area contributed by atoms with Gasteiger partial charge >= 0.3 is 5.97 Å². The fourth-order valence-electron chi connectivity index (χ4n) is 5.08. The van der Waals surface area contributed by atoms with E-state index in [9.17, 15) is 9.59 Å². The molecule has 1 atom stereocenters. The van der Waals surface area contributed by atoms with Crippen molar-refractivity contribution in [3.8, 4) is 11.5 Å². The standard InChI is InChI=1S/C34H32BrClN2O5S/c1-5-7-26-30(33(40)42-6-2)31(25-18-24(36)13-15-28(25)41-4)38-32(39)29(44-34(38)37-26)17-22-16-23(35)12-14-27(22)43-19-21-10-8-20(3)9-11-21/h8-18,31H,5-7,19H2,1-4H3/b29-17+/t31-/m0/s1. The van der Waals surface area contributed by atoms with E-state index in [0.717, 1.165) is 22.0 Å². The second kappa shape index (κ2) is 14.0. The molecule has 0 saturated heterocycles. The second-order valence-corrected chi connectivity index (χ2v) is 12.6. The number of methoxy groups -OCH3 is 1. The van der Waals surface area contributed by atoms with Gasteiger partial charge in [-0.25, -0.2) is 9.79 Å². The van der Waals surface area contributed by atoms with E-state index in [1.165, 1.54) is 16.9 Å². The van der Waals surface area contributed by atoms with Gasteiger partial charge in [0.2, 0.25) is 0 Å². The molecular weight excluding hydrogens is 664 g/mol. The average molecular weight is 696 g/mol. The fraction of sp³-hybridized carbons (Fsp3) is 0.265. The number of rotatable bonds is 10. The number of aromatic nitrogens is 1. The number of carbonyl (C=O) groups excluding carboxylic acids is 1. The van der Waals surface area contributed by atoms with Gasteiger partial charge in [0, 0.05) is 20.6 Å². The third-order valence-electron chi connectivity index (χ3n) is 7.15. The molecule has 5 rings (SSSR count). The summed E-state index contributed by atoms with van der Waals surface area (Å²) in [5.41, 5.74) is 4.09. The van der Waals surface area contributed by atoms with Crippen molar-refractivity contribution >= 4 is 50.9 Å². The Hall–Kier alpha value is -3.66. The molecule has 0 saturated carbocycles. The maximum atomic E-state index is 14.3. The minimum atomic E-state index is -0.845. The predicted molar refractivity (Wildman–Crippen MR) is 177 cm³/mol. The van der Waals surface area contributed by atoms with Crippen molar-refractivity contribution in [2.45, 2.75) is 46.3 Å². The number of allylic oxidation sites excluding steroid dienone is 1. The number of benzene rings is 3. The molecule has 0 aliphatic carbocycles. The van der Waals surface area contributed by atoms with E-state index < -0.39 is 12.0 Å². The summed E-state index contributed by atoms with van der Waals surface area (Å²) in [6, 6.07) is 18.2. The van der Waals surface area contributed by atoms with Crippen LogP contribution in [0.1, 0.15) is 55.0 Å². The number of aryl methyl sites for hydroxylation is 1. The molecule has 10 heteroatoms. The molecular formula is C34H32BrClN2O5S. The number of nitrogens with zero attached hydrogens (tertiary/aromatic N) is 2. The summed E-state index contributed by atoms with van der Waals surface area (Å²) >= 11 is 11.3. The van der Waals surface area contributed by atoms with Gasteiger partial charge in [-0.05, 0) is 68.3 Å². The number of fused-ring (bicyclic) bond motifs is 1. The summed E-state index contributed by atoms with van der Waals surface area (Å²) in [5, 5.41) is 0.449. The number of esters is 1. The molecule has 1 aliphatic rings. The van der Waals surface area contributed by atoms with Gasteiger partial charge in [-0.1, -0.05) is 82.0 Å². The van der Waals surface area contributed by atoms with Crippen LogP contribution in [0.3, 0.4) is 0 Å². The zero-order valence-corrected chi connectivity index (χ0v) is 28.0. The molecule has 0 amide bonds. The number of hydrogen-bond acceptors (Lipinski definition) is 7. The van der Waals surface area contributed by atoms with Crippen LogP contribution in [0.25, 0.3) is 6.08 Å². The van der Waals surface area contributed by atoms with Crippen LogP contribution in [0.15, 0.2) is 86.2 Å². The molecule has 3 aromatic carbocycles. The normalized spacial score (nSPS) is 14.7. The maximum absolute atomic E-state index is 14.3. The molecule has 4 aromatic rings. The lowest BCUT2D eigenvalue weighted by molar-refractivity contribution is -0.139. The summed E-state index contributed by atoms with van der Waals surface area (Å²) in [6.07, 6.45) is 3.08. The van der Waals surface area contributed by atoms with E-state index in [-0.39, 0.29) is 12.2 Å². The molecule has 0 radical (unpaired) electrons. The molecule has 1 aliphatic heterocycles. The van der Waals surface area contributed by atoms with Gasteiger partial charge in [0.05, 0.1) is 29.5 Å². The molecule has 7 nitrogen and oxygen atoms in total. The van der Waals surface area contributed by atoms with Crippen LogP contribution in [0.4, 0.5) is 0 Å². The first-order chi connectivity index (χ1) is 21.2. The van der Waals surface area contributed by atoms with Gasteiger partial charge in [0.15, 0.2) is 4.80 Å². The first-order valence-electron chi connectivity index (χ1n) is 14.3. The van der Waals surface area contributed by atoms with Gasteiger partial charge < -0.3 is 14.2 Å². The Balaban J connectivity index is 1.69. The molecule has 0 bridgehead atoms. The van der Waals surface area contributed by atoms with E-state index in [4.69, 9.17) is 30.8 Å². The quantitative estimate of drug-likeness (QED) is 0.169. The van der Waals surface area contributed by atoms with Crippen molar-refractivity contribution in [2.24, 2.45) is 4.99 Å². The lowest BCUT2D eigenvalue weighted by atomic mass is 9.93. The Bertz CT molecular complexity index is 1910. The Labute approximate surface area is 273 Å².